The van der Waals surface area contributed by atoms with Gasteiger partial charge in [-0.05, 0) is 4.99 Å². The molecule has 0 radical (unpaired) electrons. The van der Waals surface area contributed by atoms with Crippen molar-refractivity contribution in [2.45, 2.75) is 13.0 Å². The van der Waals surface area contributed by atoms with Gasteiger partial charge in [0.1, 0.15) is 0 Å². The molecule has 1 nitrogen and oxygen atoms in total. The highest BCUT2D eigenvalue weighted by Gasteiger charge is 2.24. The molecule has 0 aliphatic carbocycles. The molecule has 0 unspecified atom stereocenters. The van der Waals surface area contributed by atoms with Crippen molar-refractivity contribution in [2.75, 3.05) is 0 Å². The molecule has 1 N–H and O–H groups in total. The quantitative estimate of drug-likeness (QED) is 0.625. The van der Waals surface area contributed by atoms with Crippen molar-refractivity contribution in [3.63, 3.8) is 0 Å². The van der Waals surface area contributed by atoms with E-state index in [0.717, 1.165) is 0 Å². The van der Waals surface area contributed by atoms with Gasteiger partial charge in [-0.15, -0.1) is 0 Å². The minimum absolute atomic E-state index is 0.311. The third-order valence-electron chi connectivity index (χ3n) is 2.07. The number of benzene rings is 1. The van der Waals surface area contributed by atoms with Crippen molar-refractivity contribution in [1.82, 2.24) is 0 Å². The Labute approximate surface area is 111 Å². The molecular weight excluding hydrogens is 372 g/mol. The second-order valence-corrected chi connectivity index (χ2v) is 4.58. The Morgan fingerprint density at radius 1 is 1.00 bits per heavy atom. The molecule has 0 saturated heterocycles. The summed E-state index contributed by atoms with van der Waals surface area (Å²) in [6.07, 6.45) is -0.345. The molecular formula is C10H6Br2F4O. The Morgan fingerprint density at radius 2 is 1.41 bits per heavy atom. The van der Waals surface area contributed by atoms with Crippen LogP contribution in [-0.2, 0) is 13.0 Å². The zero-order chi connectivity index (χ0) is 13.2. The number of aliphatic hydroxyl groups is 1. The van der Waals surface area contributed by atoms with Gasteiger partial charge in [-0.3, -0.25) is 0 Å². The number of hydrogen-bond donors (Lipinski definition) is 1. The van der Waals surface area contributed by atoms with Crippen LogP contribution in [0.25, 0.3) is 0 Å². The molecule has 1 aromatic carbocycles. The maximum absolute atomic E-state index is 13.4. The number of aliphatic hydroxyl groups excluding tert-OH is 1. The summed E-state index contributed by atoms with van der Waals surface area (Å²) >= 11 is 5.86. The Morgan fingerprint density at radius 3 is 1.76 bits per heavy atom. The summed E-state index contributed by atoms with van der Waals surface area (Å²) in [5, 5.41) is 8.63. The van der Waals surface area contributed by atoms with E-state index in [1.807, 2.05) is 0 Å². The maximum atomic E-state index is 13.4. The smallest absolute Gasteiger partial charge is 0.167 e. The van der Waals surface area contributed by atoms with Crippen LogP contribution in [-0.4, -0.2) is 5.11 Å². The second kappa shape index (κ2) is 5.97. The fraction of sp³-hybridized carbons (Fsp3) is 0.200. The summed E-state index contributed by atoms with van der Waals surface area (Å²) in [6, 6.07) is 0. The van der Waals surface area contributed by atoms with Crippen molar-refractivity contribution < 1.29 is 22.7 Å². The van der Waals surface area contributed by atoms with E-state index in [4.69, 9.17) is 5.11 Å². The van der Waals surface area contributed by atoms with Gasteiger partial charge in [0.2, 0.25) is 0 Å². The molecule has 0 aliphatic rings. The summed E-state index contributed by atoms with van der Waals surface area (Å²) in [4.78, 5) is 1.32. The molecule has 0 bridgehead atoms. The van der Waals surface area contributed by atoms with Gasteiger partial charge in [-0.25, -0.2) is 17.6 Å². The largest absolute Gasteiger partial charge is 0.391 e. The highest BCUT2D eigenvalue weighted by atomic mass is 79.9. The van der Waals surface area contributed by atoms with E-state index in [1.165, 1.54) is 4.99 Å². The van der Waals surface area contributed by atoms with Crippen molar-refractivity contribution in [3.8, 4) is 0 Å². The molecule has 0 saturated carbocycles. The van der Waals surface area contributed by atoms with Crippen molar-refractivity contribution in [3.05, 3.63) is 43.9 Å². The molecule has 0 atom stereocenters. The summed E-state index contributed by atoms with van der Waals surface area (Å²) < 4.78 is 53.7. The lowest BCUT2D eigenvalue weighted by Crippen LogP contribution is -2.08. The second-order valence-electron chi connectivity index (χ2n) is 3.10. The van der Waals surface area contributed by atoms with Crippen molar-refractivity contribution in [1.29, 1.82) is 0 Å². The van der Waals surface area contributed by atoms with Crippen LogP contribution in [0.5, 0.6) is 0 Å². The predicted molar refractivity (Wildman–Crippen MR) is 61.8 cm³/mol. The summed E-state index contributed by atoms with van der Waals surface area (Å²) in [7, 11) is 0. The van der Waals surface area contributed by atoms with Gasteiger partial charge in [0.15, 0.2) is 23.3 Å². The van der Waals surface area contributed by atoms with Crippen LogP contribution in [0.4, 0.5) is 17.6 Å². The maximum Gasteiger partial charge on any atom is 0.167 e. The van der Waals surface area contributed by atoms with E-state index in [9.17, 15) is 17.6 Å². The minimum Gasteiger partial charge on any atom is -0.391 e. The monoisotopic (exact) mass is 376 g/mol. The normalized spacial score (nSPS) is 12.1. The number of hydrogen-bond acceptors (Lipinski definition) is 1. The predicted octanol–water partition coefficient (Wildman–Crippen LogP) is 3.91. The van der Waals surface area contributed by atoms with E-state index in [1.54, 1.807) is 0 Å². The molecule has 0 amide bonds. The lowest BCUT2D eigenvalue weighted by atomic mass is 10.1. The van der Waals surface area contributed by atoms with E-state index in [0.29, 0.717) is 4.48 Å². The SMILES string of the molecule is OCc1c(F)c(F)c(C/C(Br)=C\Br)c(F)c1F. The Balaban J connectivity index is 3.42. The minimum atomic E-state index is -1.57. The van der Waals surface area contributed by atoms with Gasteiger partial charge in [-0.2, -0.15) is 0 Å². The highest BCUT2D eigenvalue weighted by Crippen LogP contribution is 2.27. The van der Waals surface area contributed by atoms with Gasteiger partial charge in [0, 0.05) is 16.5 Å². The van der Waals surface area contributed by atoms with Gasteiger partial charge in [0.05, 0.1) is 12.2 Å². The molecule has 1 rings (SSSR count). The third kappa shape index (κ3) is 2.89. The van der Waals surface area contributed by atoms with E-state index >= 15 is 0 Å². The first-order chi connectivity index (χ1) is 7.93. The molecule has 0 aromatic heterocycles. The lowest BCUT2D eigenvalue weighted by Gasteiger charge is -2.10. The fourth-order valence-electron chi connectivity index (χ4n) is 1.22. The Hall–Kier alpha value is -0.400. The first-order valence-electron chi connectivity index (χ1n) is 4.33. The van der Waals surface area contributed by atoms with Gasteiger partial charge in [0.25, 0.3) is 0 Å². The van der Waals surface area contributed by atoms with Crippen LogP contribution in [0.3, 0.4) is 0 Å². The molecule has 0 aliphatic heterocycles. The fourth-order valence-corrected chi connectivity index (χ4v) is 1.67. The van der Waals surface area contributed by atoms with Crippen LogP contribution in [0, 0.1) is 23.3 Å². The Bertz CT molecular complexity index is 445. The zero-order valence-corrected chi connectivity index (χ0v) is 11.4. The van der Waals surface area contributed by atoms with E-state index < -0.39 is 41.0 Å². The van der Waals surface area contributed by atoms with E-state index in [-0.39, 0.29) is 6.42 Å². The first kappa shape index (κ1) is 14.7. The third-order valence-corrected chi connectivity index (χ3v) is 3.74. The van der Waals surface area contributed by atoms with Crippen LogP contribution in [0.2, 0.25) is 0 Å². The van der Waals surface area contributed by atoms with Gasteiger partial charge < -0.3 is 5.11 Å². The summed E-state index contributed by atoms with van der Waals surface area (Å²) in [5.41, 5.74) is -1.75. The average Bonchev–Trinajstić information content (AvgIpc) is 2.32. The van der Waals surface area contributed by atoms with Crippen LogP contribution in [0.15, 0.2) is 9.47 Å². The van der Waals surface area contributed by atoms with Crippen LogP contribution in [0.1, 0.15) is 11.1 Å². The number of rotatable bonds is 3. The van der Waals surface area contributed by atoms with E-state index in [2.05, 4.69) is 31.9 Å². The average molecular weight is 378 g/mol. The molecule has 17 heavy (non-hydrogen) atoms. The zero-order valence-electron chi connectivity index (χ0n) is 8.21. The molecule has 7 heteroatoms. The number of halogens is 6. The van der Waals surface area contributed by atoms with Crippen LogP contribution >= 0.6 is 31.9 Å². The topological polar surface area (TPSA) is 20.2 Å². The Kier molecular flexibility index (Phi) is 5.15. The number of allylic oxidation sites excluding steroid dienone is 1. The molecule has 0 heterocycles. The highest BCUT2D eigenvalue weighted by molar-refractivity contribution is 9.14. The molecule has 1 aromatic rings. The standard InChI is InChI=1S/C10H6Br2F4O/c11-2-4(12)1-5-7(13)9(15)6(3-17)10(16)8(5)14/h2,17H,1,3H2/b4-2+. The molecule has 0 fully saturated rings. The van der Waals surface area contributed by atoms with Crippen LogP contribution < -0.4 is 0 Å². The lowest BCUT2D eigenvalue weighted by molar-refractivity contribution is 0.262. The molecule has 94 valence electrons. The van der Waals surface area contributed by atoms with Crippen molar-refractivity contribution >= 4 is 31.9 Å². The van der Waals surface area contributed by atoms with Gasteiger partial charge in [-0.1, -0.05) is 31.9 Å². The van der Waals surface area contributed by atoms with Crippen molar-refractivity contribution in [2.24, 2.45) is 0 Å². The van der Waals surface area contributed by atoms with Gasteiger partial charge >= 0.3 is 0 Å². The molecule has 0 spiro atoms. The summed E-state index contributed by atoms with van der Waals surface area (Å²) in [6.45, 7) is -1.11. The summed E-state index contributed by atoms with van der Waals surface area (Å²) in [5.74, 6) is -6.15. The first-order valence-corrected chi connectivity index (χ1v) is 6.04.